The lowest BCUT2D eigenvalue weighted by Crippen LogP contribution is -2.34. The van der Waals surface area contributed by atoms with Gasteiger partial charge in [-0.15, -0.1) is 0 Å². The molecule has 1 aromatic carbocycles. The molecular formula is C14H20ClFN2. The summed E-state index contributed by atoms with van der Waals surface area (Å²) in [4.78, 5) is 2.29. The first-order valence-electron chi connectivity index (χ1n) is 6.56. The fourth-order valence-corrected chi connectivity index (χ4v) is 2.77. The highest BCUT2D eigenvalue weighted by atomic mass is 35.5. The molecule has 1 heterocycles. The van der Waals surface area contributed by atoms with Gasteiger partial charge in [0, 0.05) is 12.1 Å². The van der Waals surface area contributed by atoms with Gasteiger partial charge in [-0.3, -0.25) is 4.90 Å². The summed E-state index contributed by atoms with van der Waals surface area (Å²) < 4.78 is 13.8. The summed E-state index contributed by atoms with van der Waals surface area (Å²) in [5.41, 5.74) is 6.27. The van der Waals surface area contributed by atoms with E-state index in [9.17, 15) is 4.39 Å². The smallest absolute Gasteiger partial charge is 0.146 e. The third-order valence-corrected chi connectivity index (χ3v) is 4.00. The van der Waals surface area contributed by atoms with E-state index in [4.69, 9.17) is 17.3 Å². The van der Waals surface area contributed by atoms with Gasteiger partial charge in [-0.2, -0.15) is 0 Å². The summed E-state index contributed by atoms with van der Waals surface area (Å²) in [6, 6.07) is 5.21. The topological polar surface area (TPSA) is 29.3 Å². The fraction of sp³-hybridized carbons (Fsp3) is 0.571. The van der Waals surface area contributed by atoms with E-state index in [1.54, 1.807) is 6.07 Å². The van der Waals surface area contributed by atoms with E-state index in [0.29, 0.717) is 12.1 Å². The number of hydrogen-bond acceptors (Lipinski definition) is 2. The SMILES string of the molecule is NCCC1CCN(Cc2cccc(Cl)c2F)CC1. The highest BCUT2D eigenvalue weighted by Crippen LogP contribution is 2.23. The second-order valence-corrected chi connectivity index (χ2v) is 5.42. The largest absolute Gasteiger partial charge is 0.330 e. The summed E-state index contributed by atoms with van der Waals surface area (Å²) >= 11 is 5.79. The molecule has 1 aromatic rings. The number of halogens is 2. The van der Waals surface area contributed by atoms with Crippen molar-refractivity contribution in [2.45, 2.75) is 25.8 Å². The molecule has 0 atom stereocenters. The molecule has 100 valence electrons. The molecule has 2 rings (SSSR count). The van der Waals surface area contributed by atoms with E-state index in [0.717, 1.165) is 32.0 Å². The Balaban J connectivity index is 1.90. The minimum atomic E-state index is -0.275. The van der Waals surface area contributed by atoms with Crippen molar-refractivity contribution in [3.8, 4) is 0 Å². The summed E-state index contributed by atoms with van der Waals surface area (Å²) in [5.74, 6) is 0.471. The number of hydrogen-bond donors (Lipinski definition) is 1. The van der Waals surface area contributed by atoms with Gasteiger partial charge in [-0.1, -0.05) is 23.7 Å². The lowest BCUT2D eigenvalue weighted by Gasteiger charge is -2.31. The zero-order valence-electron chi connectivity index (χ0n) is 10.5. The lowest BCUT2D eigenvalue weighted by molar-refractivity contribution is 0.172. The molecule has 2 nitrogen and oxygen atoms in total. The molecular weight excluding hydrogens is 251 g/mol. The molecule has 1 fully saturated rings. The average molecular weight is 271 g/mol. The summed E-state index contributed by atoms with van der Waals surface area (Å²) in [6.07, 6.45) is 3.44. The Bertz CT molecular complexity index is 389. The molecule has 0 aliphatic carbocycles. The van der Waals surface area contributed by atoms with E-state index in [-0.39, 0.29) is 10.8 Å². The van der Waals surface area contributed by atoms with Crippen LogP contribution in [0.4, 0.5) is 4.39 Å². The van der Waals surface area contributed by atoms with Crippen molar-refractivity contribution in [2.24, 2.45) is 11.7 Å². The molecule has 4 heteroatoms. The molecule has 1 saturated heterocycles. The van der Waals surface area contributed by atoms with Crippen molar-refractivity contribution in [2.75, 3.05) is 19.6 Å². The maximum atomic E-state index is 13.8. The molecule has 0 spiro atoms. The first-order valence-corrected chi connectivity index (χ1v) is 6.94. The molecule has 0 unspecified atom stereocenters. The standard InChI is InChI=1S/C14H20ClFN2/c15-13-3-1-2-12(14(13)16)10-18-8-5-11(4-7-17)6-9-18/h1-3,11H,4-10,17H2. The van der Waals surface area contributed by atoms with Crippen LogP contribution in [0.2, 0.25) is 5.02 Å². The maximum absolute atomic E-state index is 13.8. The minimum Gasteiger partial charge on any atom is -0.330 e. The quantitative estimate of drug-likeness (QED) is 0.911. The average Bonchev–Trinajstić information content (AvgIpc) is 2.38. The van der Waals surface area contributed by atoms with E-state index < -0.39 is 0 Å². The molecule has 0 bridgehead atoms. The zero-order valence-corrected chi connectivity index (χ0v) is 11.3. The van der Waals surface area contributed by atoms with Gasteiger partial charge in [0.05, 0.1) is 5.02 Å². The number of benzene rings is 1. The van der Waals surface area contributed by atoms with Crippen LogP contribution in [-0.2, 0) is 6.54 Å². The van der Waals surface area contributed by atoms with Gasteiger partial charge in [0.1, 0.15) is 5.82 Å². The molecule has 1 aliphatic heterocycles. The van der Waals surface area contributed by atoms with Gasteiger partial charge in [-0.05, 0) is 50.9 Å². The molecule has 0 amide bonds. The highest BCUT2D eigenvalue weighted by Gasteiger charge is 2.19. The second kappa shape index (κ2) is 6.50. The number of nitrogens with two attached hydrogens (primary N) is 1. The van der Waals surface area contributed by atoms with Crippen molar-refractivity contribution in [1.29, 1.82) is 0 Å². The Kier molecular flexibility index (Phi) is 4.98. The summed E-state index contributed by atoms with van der Waals surface area (Å²) in [5, 5.41) is 0.213. The monoisotopic (exact) mass is 270 g/mol. The first kappa shape index (κ1) is 13.8. The van der Waals surface area contributed by atoms with Crippen LogP contribution < -0.4 is 5.73 Å². The van der Waals surface area contributed by atoms with Crippen molar-refractivity contribution < 1.29 is 4.39 Å². The predicted molar refractivity (Wildman–Crippen MR) is 73.1 cm³/mol. The zero-order chi connectivity index (χ0) is 13.0. The number of likely N-dealkylation sites (tertiary alicyclic amines) is 1. The van der Waals surface area contributed by atoms with Crippen LogP contribution in [0, 0.1) is 11.7 Å². The van der Waals surface area contributed by atoms with Gasteiger partial charge in [0.2, 0.25) is 0 Å². The number of piperidine rings is 1. The molecule has 0 radical (unpaired) electrons. The first-order chi connectivity index (χ1) is 8.70. The van der Waals surface area contributed by atoms with Crippen LogP contribution in [0.5, 0.6) is 0 Å². The predicted octanol–water partition coefficient (Wildman–Crippen LogP) is 3.04. The molecule has 0 saturated carbocycles. The van der Waals surface area contributed by atoms with Gasteiger partial charge >= 0.3 is 0 Å². The Labute approximate surface area is 113 Å². The van der Waals surface area contributed by atoms with Gasteiger partial charge in [-0.25, -0.2) is 4.39 Å². The van der Waals surface area contributed by atoms with Crippen molar-refractivity contribution in [3.63, 3.8) is 0 Å². The molecule has 2 N–H and O–H groups in total. The van der Waals surface area contributed by atoms with Gasteiger partial charge in [0.15, 0.2) is 0 Å². The summed E-state index contributed by atoms with van der Waals surface area (Å²) in [6.45, 7) is 3.47. The van der Waals surface area contributed by atoms with E-state index in [1.807, 2.05) is 12.1 Å². The third-order valence-electron chi connectivity index (χ3n) is 3.71. The van der Waals surface area contributed by atoms with E-state index in [1.165, 1.54) is 12.8 Å². The van der Waals surface area contributed by atoms with Crippen LogP contribution in [-0.4, -0.2) is 24.5 Å². The normalized spacial score (nSPS) is 18.2. The van der Waals surface area contributed by atoms with E-state index >= 15 is 0 Å². The van der Waals surface area contributed by atoms with Crippen molar-refractivity contribution >= 4 is 11.6 Å². The molecule has 1 aliphatic rings. The Morgan fingerprint density at radius 1 is 1.33 bits per heavy atom. The minimum absolute atomic E-state index is 0.213. The highest BCUT2D eigenvalue weighted by molar-refractivity contribution is 6.30. The summed E-state index contributed by atoms with van der Waals surface area (Å²) in [7, 11) is 0. The molecule has 0 aromatic heterocycles. The lowest BCUT2D eigenvalue weighted by atomic mass is 9.93. The Hall–Kier alpha value is -0.640. The van der Waals surface area contributed by atoms with Crippen LogP contribution in [0.3, 0.4) is 0 Å². The van der Waals surface area contributed by atoms with Crippen LogP contribution >= 0.6 is 11.6 Å². The van der Waals surface area contributed by atoms with Crippen LogP contribution in [0.1, 0.15) is 24.8 Å². The van der Waals surface area contributed by atoms with Crippen LogP contribution in [0.25, 0.3) is 0 Å². The molecule has 18 heavy (non-hydrogen) atoms. The van der Waals surface area contributed by atoms with E-state index in [2.05, 4.69) is 4.90 Å². The van der Waals surface area contributed by atoms with Crippen LogP contribution in [0.15, 0.2) is 18.2 Å². The number of rotatable bonds is 4. The number of nitrogens with zero attached hydrogens (tertiary/aromatic N) is 1. The second-order valence-electron chi connectivity index (χ2n) is 5.01. The van der Waals surface area contributed by atoms with Gasteiger partial charge < -0.3 is 5.73 Å². The van der Waals surface area contributed by atoms with Crippen molar-refractivity contribution in [1.82, 2.24) is 4.90 Å². The third kappa shape index (κ3) is 3.44. The maximum Gasteiger partial charge on any atom is 0.146 e. The van der Waals surface area contributed by atoms with Crippen molar-refractivity contribution in [3.05, 3.63) is 34.6 Å². The fourth-order valence-electron chi connectivity index (χ4n) is 2.58. The Morgan fingerprint density at radius 2 is 2.06 bits per heavy atom. The van der Waals surface area contributed by atoms with Gasteiger partial charge in [0.25, 0.3) is 0 Å². The Morgan fingerprint density at radius 3 is 2.72 bits per heavy atom.